The topological polar surface area (TPSA) is 141 Å². The second-order valence-electron chi connectivity index (χ2n) is 20.3. The van der Waals surface area contributed by atoms with Gasteiger partial charge in [0.15, 0.2) is 12.3 Å². The molecule has 344 valence electrons. The molecule has 0 saturated carbocycles. The van der Waals surface area contributed by atoms with Crippen molar-refractivity contribution in [3.63, 3.8) is 0 Å². The Hall–Kier alpha value is -4.28. The summed E-state index contributed by atoms with van der Waals surface area (Å²) >= 11 is 1.61. The van der Waals surface area contributed by atoms with E-state index in [9.17, 15) is 31.6 Å². The van der Waals surface area contributed by atoms with Crippen molar-refractivity contribution >= 4 is 60.6 Å². The molecular formula is C50H65N4O7S3+. The monoisotopic (exact) mass is 929 g/mol. The normalized spacial score (nSPS) is 19.8. The molecule has 3 aromatic rings. The Balaban J connectivity index is 1.49. The molecule has 64 heavy (non-hydrogen) atoms. The third-order valence-corrected chi connectivity index (χ3v) is 15.5. The number of carboxylic acids is 1. The number of quaternary nitrogens is 2. The van der Waals surface area contributed by atoms with Crippen molar-refractivity contribution < 1.29 is 45.2 Å². The molecule has 1 aliphatic carbocycles. The van der Waals surface area contributed by atoms with E-state index in [4.69, 9.17) is 0 Å². The van der Waals surface area contributed by atoms with Gasteiger partial charge in [-0.15, -0.1) is 0 Å². The van der Waals surface area contributed by atoms with Crippen molar-refractivity contribution in [2.75, 3.05) is 73.4 Å². The second-order valence-corrected chi connectivity index (χ2v) is 24.5. The van der Waals surface area contributed by atoms with Gasteiger partial charge >= 0.3 is 5.97 Å². The van der Waals surface area contributed by atoms with Gasteiger partial charge in [0, 0.05) is 62.2 Å². The number of benzene rings is 3. The maximum atomic E-state index is 12.6. The molecule has 3 aliphatic rings. The molecule has 0 amide bonds. The highest BCUT2D eigenvalue weighted by molar-refractivity contribution is 8.03. The second kappa shape index (κ2) is 18.2. The summed E-state index contributed by atoms with van der Waals surface area (Å²) in [6.45, 7) is 11.8. The van der Waals surface area contributed by atoms with Crippen molar-refractivity contribution in [1.82, 2.24) is 0 Å². The molecule has 2 heterocycles. The fraction of sp³-hybridized carbons (Fsp3) is 0.420. The Bertz CT molecular complexity index is 2710. The van der Waals surface area contributed by atoms with E-state index in [0.717, 1.165) is 116 Å². The molecule has 0 saturated heterocycles. The Labute approximate surface area is 386 Å². The molecule has 0 radical (unpaired) electrons. The van der Waals surface area contributed by atoms with Crippen LogP contribution in [0.1, 0.15) is 81.3 Å². The summed E-state index contributed by atoms with van der Waals surface area (Å²) in [4.78, 5) is 16.0. The van der Waals surface area contributed by atoms with Crippen LogP contribution in [0.2, 0.25) is 0 Å². The number of anilines is 1. The Morgan fingerprint density at radius 2 is 1.45 bits per heavy atom. The number of hydrogen-bond donors (Lipinski definition) is 1. The number of aromatic carboxylic acids is 1. The first kappa shape index (κ1) is 49.2. The molecule has 11 nitrogen and oxygen atoms in total. The summed E-state index contributed by atoms with van der Waals surface area (Å²) < 4.78 is 65.8. The van der Waals surface area contributed by atoms with Gasteiger partial charge in [-0.25, -0.2) is 13.2 Å². The highest BCUT2D eigenvalue weighted by Crippen LogP contribution is 2.50. The van der Waals surface area contributed by atoms with Crippen LogP contribution in [0, 0.1) is 0 Å². The number of allylic oxidation sites excluding steroid dienone is 7. The van der Waals surface area contributed by atoms with E-state index in [-0.39, 0.29) is 15.4 Å². The van der Waals surface area contributed by atoms with Gasteiger partial charge in [0.05, 0.1) is 77.7 Å². The molecule has 1 unspecified atom stereocenters. The van der Waals surface area contributed by atoms with Gasteiger partial charge in [-0.05, 0) is 110 Å². The van der Waals surface area contributed by atoms with Crippen molar-refractivity contribution in [2.24, 2.45) is 0 Å². The van der Waals surface area contributed by atoms with E-state index in [1.165, 1.54) is 12.1 Å². The average molecular weight is 930 g/mol. The van der Waals surface area contributed by atoms with E-state index in [1.807, 2.05) is 18.2 Å². The van der Waals surface area contributed by atoms with Crippen LogP contribution in [0.4, 0.5) is 11.4 Å². The molecule has 0 aromatic heterocycles. The van der Waals surface area contributed by atoms with Gasteiger partial charge in [-0.1, -0.05) is 53.4 Å². The number of fused-ring (bicyclic) bond motifs is 2. The van der Waals surface area contributed by atoms with Crippen LogP contribution in [0.25, 0.3) is 0 Å². The van der Waals surface area contributed by atoms with Crippen LogP contribution in [0.5, 0.6) is 0 Å². The number of rotatable bonds is 16. The SMILES string of the molecule is C=S(=O)([O-])c1ccc2c(c1)C(C)(C)C(C=CC1=C(Sc3ccc(C(=O)O)cc3)C(=CC=C3N(CCC[N+](C)(C)C)c4ccc(S(=O)(=O)[O-])cc4C3(C)C)CCC1)=[N+]2CCC[N+](C)(C)C. The molecule has 0 bridgehead atoms. The zero-order chi connectivity index (χ0) is 47.2. The third kappa shape index (κ3) is 11.0. The maximum Gasteiger partial charge on any atom is 0.335 e. The smallest absolute Gasteiger partial charge is 0.335 e. The fourth-order valence-corrected chi connectivity index (χ4v) is 11.2. The minimum atomic E-state index is -4.67. The van der Waals surface area contributed by atoms with E-state index < -0.39 is 36.7 Å². The van der Waals surface area contributed by atoms with Crippen LogP contribution in [-0.2, 0) is 30.8 Å². The molecule has 14 heteroatoms. The lowest BCUT2D eigenvalue weighted by Gasteiger charge is -2.29. The number of nitrogens with zero attached hydrogens (tertiary/aromatic N) is 4. The van der Waals surface area contributed by atoms with Crippen LogP contribution in [0.3, 0.4) is 0 Å². The predicted octanol–water partition coefficient (Wildman–Crippen LogP) is 8.46. The molecule has 0 spiro atoms. The summed E-state index contributed by atoms with van der Waals surface area (Å²) in [6.07, 6.45) is 13.1. The van der Waals surface area contributed by atoms with Gasteiger partial charge < -0.3 is 28.1 Å². The standard InChI is InChI=1S/C50H64N4O7S3/c1-49(2)41-33-39(63(11,57)58)23-25-43(41)51(29-13-31-53(5,6)7)45(49)27-19-35-15-12-16-36(47(35)62-38-21-17-37(18-22-38)48(55)56)20-28-46-50(3,4)42-34-40(64(59,60)61)24-26-44(42)52(46)30-14-32-54(8,9)10/h17-28,33-34H,11-16,29-32H2,1-10H3/p+1. The largest absolute Gasteiger partial charge is 0.774 e. The van der Waals surface area contributed by atoms with Gasteiger partial charge in [0.25, 0.3) is 0 Å². The lowest BCUT2D eigenvalue weighted by Crippen LogP contribution is -2.37. The Morgan fingerprint density at radius 1 is 0.828 bits per heavy atom. The summed E-state index contributed by atoms with van der Waals surface area (Å²) in [7, 11) is 4.67. The minimum Gasteiger partial charge on any atom is -0.774 e. The molecular weight excluding hydrogens is 865 g/mol. The molecule has 1 atom stereocenters. The van der Waals surface area contributed by atoms with Crippen molar-refractivity contribution in [2.45, 2.75) is 85.3 Å². The summed E-state index contributed by atoms with van der Waals surface area (Å²) in [5.41, 5.74) is 7.00. The summed E-state index contributed by atoms with van der Waals surface area (Å²) in [6, 6.07) is 17.0. The molecule has 3 aromatic carbocycles. The summed E-state index contributed by atoms with van der Waals surface area (Å²) in [5.74, 6) is 2.45. The van der Waals surface area contributed by atoms with E-state index in [2.05, 4.69) is 110 Å². The number of hydrogen-bond acceptors (Lipinski definition) is 8. The molecule has 2 aliphatic heterocycles. The van der Waals surface area contributed by atoms with E-state index in [0.29, 0.717) is 6.54 Å². The average Bonchev–Trinajstić information content (AvgIpc) is 3.52. The van der Waals surface area contributed by atoms with Crippen molar-refractivity contribution in [1.29, 1.82) is 0 Å². The highest BCUT2D eigenvalue weighted by Gasteiger charge is 2.45. The van der Waals surface area contributed by atoms with E-state index >= 15 is 0 Å². The van der Waals surface area contributed by atoms with Gasteiger partial charge in [-0.3, -0.25) is 4.21 Å². The minimum absolute atomic E-state index is 0.193. The lowest BCUT2D eigenvalue weighted by atomic mass is 9.81. The highest BCUT2D eigenvalue weighted by atomic mass is 32.2. The fourth-order valence-electron chi connectivity index (χ4n) is 9.04. The Morgan fingerprint density at radius 3 is 2.06 bits per heavy atom. The molecule has 1 N–H and O–H groups in total. The van der Waals surface area contributed by atoms with Gasteiger partial charge in [-0.2, -0.15) is 4.58 Å². The summed E-state index contributed by atoms with van der Waals surface area (Å²) in [5, 5.41) is 9.65. The van der Waals surface area contributed by atoms with Crippen LogP contribution in [-0.4, -0.2) is 126 Å². The van der Waals surface area contributed by atoms with Gasteiger partial charge in [0.1, 0.15) is 10.1 Å². The quantitative estimate of drug-likeness (QED) is 0.0649. The molecule has 6 rings (SSSR count). The van der Waals surface area contributed by atoms with Crippen LogP contribution >= 0.6 is 11.8 Å². The first-order valence-corrected chi connectivity index (χ1v) is 25.7. The zero-order valence-corrected chi connectivity index (χ0v) is 41.5. The van der Waals surface area contributed by atoms with Crippen molar-refractivity contribution in [3.05, 3.63) is 123 Å². The predicted molar refractivity (Wildman–Crippen MR) is 259 cm³/mol. The number of thioether (sulfide) groups is 1. The van der Waals surface area contributed by atoms with Crippen LogP contribution < -0.4 is 4.90 Å². The Kier molecular flexibility index (Phi) is 14.0. The molecule has 0 fully saturated rings. The first-order valence-electron chi connectivity index (χ1n) is 21.8. The van der Waals surface area contributed by atoms with Crippen LogP contribution in [0.15, 0.2) is 121 Å². The zero-order valence-electron chi connectivity index (χ0n) is 39.1. The van der Waals surface area contributed by atoms with E-state index in [1.54, 1.807) is 42.1 Å². The van der Waals surface area contributed by atoms with Gasteiger partial charge in [0.2, 0.25) is 5.69 Å². The van der Waals surface area contributed by atoms with Crippen molar-refractivity contribution in [3.8, 4) is 0 Å². The lowest BCUT2D eigenvalue weighted by molar-refractivity contribution is -0.871. The first-order chi connectivity index (χ1) is 29.6. The number of carbonyl (C=O) groups is 1. The maximum absolute atomic E-state index is 12.6. The number of carboxylic acid groups (broad SMARTS) is 1. The third-order valence-electron chi connectivity index (χ3n) is 12.5.